The van der Waals surface area contributed by atoms with E-state index in [4.69, 9.17) is 10.2 Å². The number of nitrogens with zero attached hydrogens (tertiary/aromatic N) is 2. The molecule has 3 N–H and O–H groups in total. The van der Waals surface area contributed by atoms with E-state index >= 15 is 0 Å². The molecule has 74 valence electrons. The smallest absolute Gasteiger partial charge is 0.315 e. The molecule has 1 rings (SSSR count). The van der Waals surface area contributed by atoms with Gasteiger partial charge < -0.3 is 15.5 Å². The Morgan fingerprint density at radius 1 is 1.38 bits per heavy atom. The molecule has 0 radical (unpaired) electrons. The lowest BCUT2D eigenvalue weighted by Gasteiger charge is -1.98. The molecule has 0 aliphatic carbocycles. The van der Waals surface area contributed by atoms with Crippen LogP contribution in [-0.4, -0.2) is 16.7 Å². The molecule has 5 heteroatoms. The number of nitrogens with two attached hydrogens (primary N) is 1. The zero-order chi connectivity index (χ0) is 9.52. The van der Waals surface area contributed by atoms with Gasteiger partial charge in [0.05, 0.1) is 6.54 Å². The Balaban J connectivity index is 2.20. The normalized spacial score (nSPS) is 10.3. The molecule has 0 bridgehead atoms. The number of hydrogen-bond donors (Lipinski definition) is 2. The summed E-state index contributed by atoms with van der Waals surface area (Å²) in [6, 6.07) is 0.469. The molecule has 5 nitrogen and oxygen atoms in total. The van der Waals surface area contributed by atoms with Crippen molar-refractivity contribution >= 4 is 6.01 Å². The van der Waals surface area contributed by atoms with Crippen LogP contribution < -0.4 is 11.1 Å². The summed E-state index contributed by atoms with van der Waals surface area (Å²) < 4.78 is 5.15. The number of anilines is 1. The van der Waals surface area contributed by atoms with Crippen LogP contribution in [0.25, 0.3) is 0 Å². The third kappa shape index (κ3) is 3.42. The third-order valence-corrected chi connectivity index (χ3v) is 1.70. The van der Waals surface area contributed by atoms with Crippen molar-refractivity contribution in [3.8, 4) is 0 Å². The van der Waals surface area contributed by atoms with E-state index in [2.05, 4.69) is 22.4 Å². The summed E-state index contributed by atoms with van der Waals surface area (Å²) in [5, 5.41) is 10.5. The van der Waals surface area contributed by atoms with Gasteiger partial charge in [-0.05, 0) is 6.42 Å². The van der Waals surface area contributed by atoms with Gasteiger partial charge >= 0.3 is 6.01 Å². The van der Waals surface area contributed by atoms with Gasteiger partial charge in [-0.1, -0.05) is 24.9 Å². The van der Waals surface area contributed by atoms with E-state index in [-0.39, 0.29) is 0 Å². The lowest BCUT2D eigenvalue weighted by molar-refractivity contribution is 0.506. The SMILES string of the molecule is CCCCCNc1nnc(CN)o1. The van der Waals surface area contributed by atoms with Gasteiger partial charge in [0, 0.05) is 6.54 Å². The molecule has 1 aromatic heterocycles. The van der Waals surface area contributed by atoms with Gasteiger partial charge in [0.2, 0.25) is 5.89 Å². The largest absolute Gasteiger partial charge is 0.407 e. The van der Waals surface area contributed by atoms with Gasteiger partial charge in [0.25, 0.3) is 0 Å². The highest BCUT2D eigenvalue weighted by molar-refractivity contribution is 5.16. The summed E-state index contributed by atoms with van der Waals surface area (Å²) in [6.45, 7) is 3.34. The monoisotopic (exact) mass is 184 g/mol. The highest BCUT2D eigenvalue weighted by Gasteiger charge is 2.01. The van der Waals surface area contributed by atoms with Gasteiger partial charge in [0.1, 0.15) is 0 Å². The molecular formula is C8H16N4O. The summed E-state index contributed by atoms with van der Waals surface area (Å²) in [4.78, 5) is 0. The average molecular weight is 184 g/mol. The summed E-state index contributed by atoms with van der Waals surface area (Å²) >= 11 is 0. The predicted octanol–water partition coefficient (Wildman–Crippen LogP) is 1.13. The van der Waals surface area contributed by atoms with Crippen LogP contribution in [0.1, 0.15) is 32.1 Å². The molecule has 0 spiro atoms. The van der Waals surface area contributed by atoms with Gasteiger partial charge in [0.15, 0.2) is 0 Å². The summed E-state index contributed by atoms with van der Waals surface area (Å²) in [5.41, 5.74) is 5.32. The minimum absolute atomic E-state index is 0.295. The number of unbranched alkanes of at least 4 members (excludes halogenated alkanes) is 2. The van der Waals surface area contributed by atoms with E-state index in [0.29, 0.717) is 18.5 Å². The Morgan fingerprint density at radius 3 is 2.85 bits per heavy atom. The van der Waals surface area contributed by atoms with Gasteiger partial charge in [-0.3, -0.25) is 0 Å². The number of rotatable bonds is 6. The van der Waals surface area contributed by atoms with E-state index in [1.807, 2.05) is 0 Å². The maximum Gasteiger partial charge on any atom is 0.315 e. The van der Waals surface area contributed by atoms with Crippen LogP contribution in [0.5, 0.6) is 0 Å². The first-order chi connectivity index (χ1) is 6.36. The van der Waals surface area contributed by atoms with Crippen LogP contribution in [-0.2, 0) is 6.54 Å². The van der Waals surface area contributed by atoms with Crippen molar-refractivity contribution in [1.82, 2.24) is 10.2 Å². The summed E-state index contributed by atoms with van der Waals surface area (Å²) in [6.07, 6.45) is 3.54. The van der Waals surface area contributed by atoms with Crippen molar-refractivity contribution in [2.24, 2.45) is 5.73 Å². The highest BCUT2D eigenvalue weighted by Crippen LogP contribution is 2.04. The zero-order valence-corrected chi connectivity index (χ0v) is 7.92. The summed E-state index contributed by atoms with van der Waals surface area (Å²) in [7, 11) is 0. The Hall–Kier alpha value is -1.10. The van der Waals surface area contributed by atoms with Crippen molar-refractivity contribution < 1.29 is 4.42 Å². The van der Waals surface area contributed by atoms with Crippen LogP contribution in [0.15, 0.2) is 4.42 Å². The fourth-order valence-corrected chi connectivity index (χ4v) is 0.978. The number of nitrogens with one attached hydrogen (secondary N) is 1. The topological polar surface area (TPSA) is 77.0 Å². The van der Waals surface area contributed by atoms with E-state index in [1.54, 1.807) is 0 Å². The van der Waals surface area contributed by atoms with E-state index in [9.17, 15) is 0 Å². The molecule has 0 unspecified atom stereocenters. The second-order valence-electron chi connectivity index (χ2n) is 2.84. The van der Waals surface area contributed by atoms with Crippen molar-refractivity contribution in [2.45, 2.75) is 32.7 Å². The van der Waals surface area contributed by atoms with Crippen molar-refractivity contribution in [2.75, 3.05) is 11.9 Å². The lowest BCUT2D eigenvalue weighted by Crippen LogP contribution is -2.01. The molecule has 0 aromatic carbocycles. The highest BCUT2D eigenvalue weighted by atomic mass is 16.4. The molecule has 0 aliphatic heterocycles. The van der Waals surface area contributed by atoms with Gasteiger partial charge in [-0.2, -0.15) is 0 Å². The molecule has 0 atom stereocenters. The Bertz CT molecular complexity index is 236. The Morgan fingerprint density at radius 2 is 2.23 bits per heavy atom. The molecule has 13 heavy (non-hydrogen) atoms. The fraction of sp³-hybridized carbons (Fsp3) is 0.750. The van der Waals surface area contributed by atoms with Crippen molar-refractivity contribution in [1.29, 1.82) is 0 Å². The quantitative estimate of drug-likeness (QED) is 0.648. The molecular weight excluding hydrogens is 168 g/mol. The van der Waals surface area contributed by atoms with Crippen LogP contribution >= 0.6 is 0 Å². The van der Waals surface area contributed by atoms with Crippen molar-refractivity contribution in [3.63, 3.8) is 0 Å². The number of aromatic nitrogens is 2. The third-order valence-electron chi connectivity index (χ3n) is 1.70. The lowest BCUT2D eigenvalue weighted by atomic mass is 10.2. The van der Waals surface area contributed by atoms with Crippen molar-refractivity contribution in [3.05, 3.63) is 5.89 Å². The molecule has 1 aromatic rings. The standard InChI is InChI=1S/C8H16N4O/c1-2-3-4-5-10-8-12-11-7(6-9)13-8/h2-6,9H2,1H3,(H,10,12). The van der Waals surface area contributed by atoms with Crippen LogP contribution in [0, 0.1) is 0 Å². The van der Waals surface area contributed by atoms with E-state index in [1.165, 1.54) is 12.8 Å². The Labute approximate surface area is 77.7 Å². The first kappa shape index (κ1) is 9.98. The predicted molar refractivity (Wildman–Crippen MR) is 50.2 cm³/mol. The molecule has 0 amide bonds. The molecule has 0 fully saturated rings. The minimum Gasteiger partial charge on any atom is -0.407 e. The minimum atomic E-state index is 0.295. The maximum atomic E-state index is 5.32. The van der Waals surface area contributed by atoms with Crippen LogP contribution in [0.2, 0.25) is 0 Å². The van der Waals surface area contributed by atoms with Gasteiger partial charge in [-0.15, -0.1) is 5.10 Å². The Kier molecular flexibility index (Phi) is 4.25. The summed E-state index contributed by atoms with van der Waals surface area (Å²) in [5.74, 6) is 0.470. The maximum absolute atomic E-state index is 5.32. The van der Waals surface area contributed by atoms with E-state index in [0.717, 1.165) is 13.0 Å². The average Bonchev–Trinajstić information content (AvgIpc) is 2.60. The zero-order valence-electron chi connectivity index (χ0n) is 7.92. The molecule has 0 aliphatic rings. The van der Waals surface area contributed by atoms with E-state index < -0.39 is 0 Å². The first-order valence-electron chi connectivity index (χ1n) is 4.63. The molecule has 0 saturated heterocycles. The van der Waals surface area contributed by atoms with Crippen LogP contribution in [0.3, 0.4) is 0 Å². The fourth-order valence-electron chi connectivity index (χ4n) is 0.978. The first-order valence-corrected chi connectivity index (χ1v) is 4.63. The second-order valence-corrected chi connectivity index (χ2v) is 2.84. The van der Waals surface area contributed by atoms with Crippen LogP contribution in [0.4, 0.5) is 6.01 Å². The second kappa shape index (κ2) is 5.53. The molecule has 1 heterocycles. The number of hydrogen-bond acceptors (Lipinski definition) is 5. The molecule has 0 saturated carbocycles. The van der Waals surface area contributed by atoms with Gasteiger partial charge in [-0.25, -0.2) is 0 Å².